The number of hydrogen-bond acceptors (Lipinski definition) is 6. The van der Waals surface area contributed by atoms with Gasteiger partial charge in [-0.05, 0) is 30.3 Å². The first kappa shape index (κ1) is 19.9. The molecular formula is C21H19ClFN5O2. The molecule has 1 amide bonds. The molecule has 0 spiro atoms. The highest BCUT2D eigenvalue weighted by molar-refractivity contribution is 6.31. The molecule has 0 bridgehead atoms. The number of amides is 1. The number of hydrogen-bond donors (Lipinski definition) is 2. The third-order valence-electron chi connectivity index (χ3n) is 4.98. The fraction of sp³-hybridized carbons (Fsp3) is 0.190. The molecular weight excluding hydrogens is 409 g/mol. The van der Waals surface area contributed by atoms with Gasteiger partial charge in [0.15, 0.2) is 0 Å². The van der Waals surface area contributed by atoms with E-state index in [1.54, 1.807) is 23.1 Å². The Kier molecular flexibility index (Phi) is 5.17. The van der Waals surface area contributed by atoms with Gasteiger partial charge in [0.2, 0.25) is 5.91 Å². The summed E-state index contributed by atoms with van der Waals surface area (Å²) in [7, 11) is 1.53. The van der Waals surface area contributed by atoms with Crippen LogP contribution in [0.25, 0.3) is 10.9 Å². The summed E-state index contributed by atoms with van der Waals surface area (Å²) >= 11 is 5.91. The van der Waals surface area contributed by atoms with Gasteiger partial charge in [0.05, 0.1) is 29.3 Å². The zero-order valence-electron chi connectivity index (χ0n) is 16.2. The van der Waals surface area contributed by atoms with Crippen LogP contribution in [0.5, 0.6) is 5.75 Å². The molecule has 4 rings (SSSR count). The number of carbonyl (C=O) groups is 1. The van der Waals surface area contributed by atoms with Crippen molar-refractivity contribution in [1.82, 2.24) is 14.9 Å². The first-order chi connectivity index (χ1) is 14.4. The zero-order valence-corrected chi connectivity index (χ0v) is 16.9. The predicted octanol–water partition coefficient (Wildman–Crippen LogP) is 3.87. The van der Waals surface area contributed by atoms with E-state index >= 15 is 0 Å². The van der Waals surface area contributed by atoms with E-state index in [-0.39, 0.29) is 16.8 Å². The van der Waals surface area contributed by atoms with E-state index in [2.05, 4.69) is 21.9 Å². The number of carbonyl (C=O) groups excluding carboxylic acids is 1. The Morgan fingerprint density at radius 1 is 1.37 bits per heavy atom. The van der Waals surface area contributed by atoms with Crippen molar-refractivity contribution in [2.45, 2.75) is 5.92 Å². The van der Waals surface area contributed by atoms with E-state index in [1.807, 2.05) is 0 Å². The lowest BCUT2D eigenvalue weighted by Gasteiger charge is -2.37. The van der Waals surface area contributed by atoms with Crippen LogP contribution in [0, 0.1) is 5.82 Å². The fourth-order valence-electron chi connectivity index (χ4n) is 3.31. The minimum Gasteiger partial charge on any atom is -0.495 e. The molecule has 154 valence electrons. The van der Waals surface area contributed by atoms with Gasteiger partial charge in [0.25, 0.3) is 0 Å². The second-order valence-electron chi connectivity index (χ2n) is 6.94. The van der Waals surface area contributed by atoms with Gasteiger partial charge >= 0.3 is 0 Å². The van der Waals surface area contributed by atoms with Gasteiger partial charge in [-0.2, -0.15) is 0 Å². The molecule has 1 aromatic heterocycles. The van der Waals surface area contributed by atoms with Crippen LogP contribution in [0.2, 0.25) is 5.02 Å². The molecule has 1 aliphatic heterocycles. The number of nitrogens with two attached hydrogens (primary N) is 1. The van der Waals surface area contributed by atoms with E-state index in [0.717, 1.165) is 0 Å². The predicted molar refractivity (Wildman–Crippen MR) is 115 cm³/mol. The van der Waals surface area contributed by atoms with E-state index in [1.165, 1.54) is 25.3 Å². The molecule has 30 heavy (non-hydrogen) atoms. The molecule has 0 radical (unpaired) electrons. The Hall–Kier alpha value is -3.39. The normalized spacial score (nSPS) is 13.8. The molecule has 1 aliphatic rings. The van der Waals surface area contributed by atoms with Gasteiger partial charge in [-0.3, -0.25) is 4.79 Å². The third kappa shape index (κ3) is 3.61. The van der Waals surface area contributed by atoms with E-state index in [0.29, 0.717) is 52.8 Å². The van der Waals surface area contributed by atoms with Crippen LogP contribution in [0.15, 0.2) is 43.0 Å². The van der Waals surface area contributed by atoms with Crippen molar-refractivity contribution in [3.05, 3.63) is 59.7 Å². The highest BCUT2D eigenvalue weighted by atomic mass is 35.5. The molecule has 0 saturated carbocycles. The minimum atomic E-state index is -0.508. The Balaban J connectivity index is 1.76. The first-order valence-corrected chi connectivity index (χ1v) is 9.56. The van der Waals surface area contributed by atoms with Crippen molar-refractivity contribution in [2.24, 2.45) is 0 Å². The maximum Gasteiger partial charge on any atom is 0.246 e. The number of benzene rings is 2. The summed E-state index contributed by atoms with van der Waals surface area (Å²) < 4.78 is 18.8. The molecule has 0 unspecified atom stereocenters. The van der Waals surface area contributed by atoms with Gasteiger partial charge in [-0.25, -0.2) is 14.4 Å². The van der Waals surface area contributed by atoms with Crippen molar-refractivity contribution >= 4 is 45.6 Å². The fourth-order valence-corrected chi connectivity index (χ4v) is 3.49. The Labute approximate surface area is 177 Å². The van der Waals surface area contributed by atoms with Crippen LogP contribution >= 0.6 is 11.6 Å². The number of anilines is 3. The summed E-state index contributed by atoms with van der Waals surface area (Å²) in [6, 6.07) is 7.78. The number of nitrogens with zero attached hydrogens (tertiary/aromatic N) is 3. The van der Waals surface area contributed by atoms with Crippen LogP contribution in [0.3, 0.4) is 0 Å². The third-order valence-corrected chi connectivity index (χ3v) is 5.27. The largest absolute Gasteiger partial charge is 0.495 e. The van der Waals surface area contributed by atoms with Crippen molar-refractivity contribution in [3.63, 3.8) is 0 Å². The quantitative estimate of drug-likeness (QED) is 0.474. The SMILES string of the molecule is C=CC(=O)N1CC(c2nc(Nc3ccc(F)c(Cl)c3)c3cc(N)c(OC)cc3n2)C1. The summed E-state index contributed by atoms with van der Waals surface area (Å²) in [5.74, 6) is 0.935. The van der Waals surface area contributed by atoms with Crippen molar-refractivity contribution in [1.29, 1.82) is 0 Å². The van der Waals surface area contributed by atoms with Crippen molar-refractivity contribution in [3.8, 4) is 5.75 Å². The molecule has 1 fully saturated rings. The highest BCUT2D eigenvalue weighted by Gasteiger charge is 2.33. The number of rotatable bonds is 5. The summed E-state index contributed by atoms with van der Waals surface area (Å²) in [4.78, 5) is 22.8. The first-order valence-electron chi connectivity index (χ1n) is 9.18. The van der Waals surface area contributed by atoms with Crippen molar-refractivity contribution < 1.29 is 13.9 Å². The molecule has 3 N–H and O–H groups in total. The van der Waals surface area contributed by atoms with E-state index < -0.39 is 5.82 Å². The monoisotopic (exact) mass is 427 g/mol. The summed E-state index contributed by atoms with van der Waals surface area (Å²) in [6.45, 7) is 4.52. The highest BCUT2D eigenvalue weighted by Crippen LogP contribution is 2.35. The lowest BCUT2D eigenvalue weighted by atomic mass is 9.98. The summed E-state index contributed by atoms with van der Waals surface area (Å²) in [5.41, 5.74) is 7.71. The number of halogens is 2. The van der Waals surface area contributed by atoms with Crippen LogP contribution in [-0.4, -0.2) is 41.0 Å². The molecule has 2 heterocycles. The Morgan fingerprint density at radius 2 is 2.13 bits per heavy atom. The van der Waals surface area contributed by atoms with E-state index in [4.69, 9.17) is 22.1 Å². The second kappa shape index (κ2) is 7.79. The van der Waals surface area contributed by atoms with Crippen LogP contribution < -0.4 is 15.8 Å². The Bertz CT molecular complexity index is 1160. The standard InChI is InChI=1S/C21H19ClFN5O2/c1-3-19(29)28-9-11(10-28)20-26-17-8-18(30-2)16(24)7-13(17)21(27-20)25-12-4-5-15(23)14(22)6-12/h3-8,11H,1,9-10,24H2,2H3,(H,25,26,27). The maximum absolute atomic E-state index is 13.5. The Morgan fingerprint density at radius 3 is 2.80 bits per heavy atom. The van der Waals surface area contributed by atoms with Crippen LogP contribution in [-0.2, 0) is 4.79 Å². The lowest BCUT2D eigenvalue weighted by molar-refractivity contribution is -0.130. The number of aromatic nitrogens is 2. The number of fused-ring (bicyclic) bond motifs is 1. The van der Waals surface area contributed by atoms with Crippen LogP contribution in [0.1, 0.15) is 11.7 Å². The number of methoxy groups -OCH3 is 1. The number of ether oxygens (including phenoxy) is 1. The van der Waals surface area contributed by atoms with Gasteiger partial charge < -0.3 is 20.7 Å². The minimum absolute atomic E-state index is 0.00246. The molecule has 2 aromatic carbocycles. The molecule has 7 nitrogen and oxygen atoms in total. The average Bonchev–Trinajstić information content (AvgIpc) is 2.69. The zero-order chi connectivity index (χ0) is 21.4. The summed E-state index contributed by atoms with van der Waals surface area (Å²) in [5, 5.41) is 3.85. The van der Waals surface area contributed by atoms with E-state index in [9.17, 15) is 9.18 Å². The lowest BCUT2D eigenvalue weighted by Crippen LogP contribution is -2.48. The van der Waals surface area contributed by atoms with Gasteiger partial charge in [0.1, 0.15) is 23.2 Å². The van der Waals surface area contributed by atoms with Crippen molar-refractivity contribution in [2.75, 3.05) is 31.2 Å². The van der Waals surface area contributed by atoms with Gasteiger partial charge in [-0.1, -0.05) is 18.2 Å². The molecule has 0 atom stereocenters. The summed E-state index contributed by atoms with van der Waals surface area (Å²) in [6.07, 6.45) is 1.29. The smallest absolute Gasteiger partial charge is 0.246 e. The second-order valence-corrected chi connectivity index (χ2v) is 7.35. The number of nitrogen functional groups attached to an aromatic ring is 1. The molecule has 3 aromatic rings. The van der Waals surface area contributed by atoms with Gasteiger partial charge in [-0.15, -0.1) is 0 Å². The molecule has 9 heteroatoms. The number of likely N-dealkylation sites (tertiary alicyclic amines) is 1. The maximum atomic E-state index is 13.5. The topological polar surface area (TPSA) is 93.4 Å². The molecule has 1 saturated heterocycles. The van der Waals surface area contributed by atoms with Gasteiger partial charge in [0, 0.05) is 30.2 Å². The molecule has 0 aliphatic carbocycles. The average molecular weight is 428 g/mol. The van der Waals surface area contributed by atoms with Crippen LogP contribution in [0.4, 0.5) is 21.6 Å². The number of nitrogens with one attached hydrogen (secondary N) is 1.